The number of nitrogens with zero attached hydrogens (tertiary/aromatic N) is 3. The maximum Gasteiger partial charge on any atom is 0.262 e. The fraction of sp³-hybridized carbons (Fsp3) is 0.278. The lowest BCUT2D eigenvalue weighted by molar-refractivity contribution is 0.0857. The van der Waals surface area contributed by atoms with Crippen LogP contribution in [0.2, 0.25) is 0 Å². The van der Waals surface area contributed by atoms with Crippen molar-refractivity contribution < 1.29 is 10.3 Å². The molecule has 1 aromatic carbocycles. The Balaban J connectivity index is 0.00000208. The highest BCUT2D eigenvalue weighted by atomic mass is 16.2. The first-order valence-corrected chi connectivity index (χ1v) is 7.67. The Hall–Kier alpha value is -2.73. The Morgan fingerprint density at radius 3 is 2.54 bits per heavy atom. The van der Waals surface area contributed by atoms with Gasteiger partial charge in [-0.3, -0.25) is 19.7 Å². The molecule has 0 bridgehead atoms. The van der Waals surface area contributed by atoms with Gasteiger partial charge in [-0.2, -0.15) is 0 Å². The number of benzene rings is 1. The van der Waals surface area contributed by atoms with Crippen LogP contribution in [0.3, 0.4) is 0 Å². The van der Waals surface area contributed by atoms with E-state index in [1.165, 1.54) is 5.56 Å². The van der Waals surface area contributed by atoms with E-state index in [-0.39, 0.29) is 11.4 Å². The van der Waals surface area contributed by atoms with E-state index in [4.69, 9.17) is 0 Å². The average Bonchev–Trinajstić information content (AvgIpc) is 2.99. The summed E-state index contributed by atoms with van der Waals surface area (Å²) in [5.41, 5.74) is 5.10. The molecule has 0 fully saturated rings. The Morgan fingerprint density at radius 1 is 1.21 bits per heavy atom. The number of aryl methyl sites for hydroxylation is 3. The standard InChI is InChI=1S/C18H20N4O.H2O/c1-12-9-13(2)16(14(3)10-12)21-18-20-7-8-22(18)17(23)15-5-4-6-19-11-15;/h4-6,9-11H,7-8H2,1-3H3,(H,20,21);1H2. The molecule has 3 N–H and O–H groups in total. The number of hydrogen-bond acceptors (Lipinski definition) is 4. The lowest BCUT2D eigenvalue weighted by Crippen LogP contribution is -2.38. The zero-order valence-electron chi connectivity index (χ0n) is 14.1. The first-order valence-electron chi connectivity index (χ1n) is 7.67. The van der Waals surface area contributed by atoms with Gasteiger partial charge in [0, 0.05) is 24.6 Å². The molecule has 1 amide bonds. The summed E-state index contributed by atoms with van der Waals surface area (Å²) in [6.45, 7) is 7.39. The molecule has 6 heteroatoms. The monoisotopic (exact) mass is 326 g/mol. The van der Waals surface area contributed by atoms with Crippen molar-refractivity contribution in [2.45, 2.75) is 20.8 Å². The van der Waals surface area contributed by atoms with Gasteiger partial charge in [-0.05, 0) is 44.0 Å². The first-order chi connectivity index (χ1) is 11.1. The van der Waals surface area contributed by atoms with Crippen LogP contribution >= 0.6 is 0 Å². The topological polar surface area (TPSA) is 89.1 Å². The van der Waals surface area contributed by atoms with Crippen molar-refractivity contribution in [1.82, 2.24) is 9.88 Å². The third kappa shape index (κ3) is 3.44. The van der Waals surface area contributed by atoms with Crippen molar-refractivity contribution in [2.75, 3.05) is 18.4 Å². The van der Waals surface area contributed by atoms with Gasteiger partial charge < -0.3 is 10.8 Å². The zero-order valence-corrected chi connectivity index (χ0v) is 14.1. The van der Waals surface area contributed by atoms with Crippen molar-refractivity contribution in [1.29, 1.82) is 0 Å². The van der Waals surface area contributed by atoms with Crippen molar-refractivity contribution in [3.8, 4) is 0 Å². The van der Waals surface area contributed by atoms with E-state index in [0.29, 0.717) is 24.6 Å². The second-order valence-corrected chi connectivity index (χ2v) is 5.80. The number of carbonyl (C=O) groups is 1. The highest BCUT2D eigenvalue weighted by Gasteiger charge is 2.25. The third-order valence-corrected chi connectivity index (χ3v) is 3.91. The van der Waals surface area contributed by atoms with Crippen LogP contribution in [0.25, 0.3) is 0 Å². The molecule has 1 aliphatic heterocycles. The van der Waals surface area contributed by atoms with Crippen LogP contribution in [0.1, 0.15) is 27.0 Å². The van der Waals surface area contributed by atoms with E-state index in [1.807, 2.05) is 0 Å². The van der Waals surface area contributed by atoms with Crippen LogP contribution in [0.4, 0.5) is 5.69 Å². The minimum absolute atomic E-state index is 0. The zero-order chi connectivity index (χ0) is 16.4. The van der Waals surface area contributed by atoms with E-state index in [0.717, 1.165) is 16.8 Å². The van der Waals surface area contributed by atoms with Crippen molar-refractivity contribution >= 4 is 17.6 Å². The van der Waals surface area contributed by atoms with Crippen LogP contribution in [-0.4, -0.2) is 40.3 Å². The SMILES string of the molecule is Cc1cc(C)c(NC2=NCCN2C(=O)c2cccnc2)c(C)c1.O. The lowest BCUT2D eigenvalue weighted by atomic mass is 10.1. The van der Waals surface area contributed by atoms with Crippen molar-refractivity contribution in [3.63, 3.8) is 0 Å². The molecule has 0 aliphatic carbocycles. The number of nitrogens with one attached hydrogen (secondary N) is 1. The third-order valence-electron chi connectivity index (χ3n) is 3.91. The number of amides is 1. The van der Waals surface area contributed by atoms with E-state index in [9.17, 15) is 4.79 Å². The van der Waals surface area contributed by atoms with Crippen LogP contribution < -0.4 is 5.32 Å². The molecule has 126 valence electrons. The Kier molecular flexibility index (Phi) is 5.31. The van der Waals surface area contributed by atoms with Crippen molar-refractivity contribution in [3.05, 3.63) is 58.9 Å². The molecule has 0 radical (unpaired) electrons. The average molecular weight is 326 g/mol. The van der Waals surface area contributed by atoms with Gasteiger partial charge in [-0.15, -0.1) is 0 Å². The van der Waals surface area contributed by atoms with Crippen LogP contribution in [0.15, 0.2) is 41.7 Å². The molecule has 0 saturated carbocycles. The molecule has 2 heterocycles. The van der Waals surface area contributed by atoms with E-state index >= 15 is 0 Å². The van der Waals surface area contributed by atoms with Gasteiger partial charge >= 0.3 is 0 Å². The van der Waals surface area contributed by atoms with Crippen molar-refractivity contribution in [2.24, 2.45) is 4.99 Å². The molecule has 0 atom stereocenters. The van der Waals surface area contributed by atoms with E-state index < -0.39 is 0 Å². The van der Waals surface area contributed by atoms with Gasteiger partial charge in [0.1, 0.15) is 0 Å². The van der Waals surface area contributed by atoms with Crippen LogP contribution in [0, 0.1) is 20.8 Å². The largest absolute Gasteiger partial charge is 0.412 e. The minimum atomic E-state index is -0.0794. The normalized spacial score (nSPS) is 13.3. The summed E-state index contributed by atoms with van der Waals surface area (Å²) < 4.78 is 0. The second-order valence-electron chi connectivity index (χ2n) is 5.80. The summed E-state index contributed by atoms with van der Waals surface area (Å²) in [5.74, 6) is 0.526. The number of guanidine groups is 1. The molecule has 24 heavy (non-hydrogen) atoms. The molecular formula is C18H22N4O2. The predicted octanol–water partition coefficient (Wildman–Crippen LogP) is 2.11. The second kappa shape index (κ2) is 7.23. The highest BCUT2D eigenvalue weighted by molar-refractivity contribution is 6.11. The number of aromatic nitrogens is 1. The Labute approximate surface area is 141 Å². The lowest BCUT2D eigenvalue weighted by Gasteiger charge is -2.21. The summed E-state index contributed by atoms with van der Waals surface area (Å²) in [4.78, 5) is 22.8. The molecule has 0 unspecified atom stereocenters. The Bertz CT molecular complexity index is 749. The summed E-state index contributed by atoms with van der Waals surface area (Å²) in [6, 6.07) is 7.78. The number of rotatable bonds is 2. The smallest absolute Gasteiger partial charge is 0.262 e. The molecule has 6 nitrogen and oxygen atoms in total. The van der Waals surface area contributed by atoms with Gasteiger partial charge in [0.15, 0.2) is 0 Å². The fourth-order valence-corrected chi connectivity index (χ4v) is 2.89. The molecule has 1 aromatic heterocycles. The van der Waals surface area contributed by atoms with Gasteiger partial charge in [0.25, 0.3) is 5.91 Å². The van der Waals surface area contributed by atoms with Gasteiger partial charge in [-0.25, -0.2) is 0 Å². The highest BCUT2D eigenvalue weighted by Crippen LogP contribution is 2.23. The number of carbonyl (C=O) groups excluding carboxylic acids is 1. The van der Waals surface area contributed by atoms with Crippen LogP contribution in [0.5, 0.6) is 0 Å². The summed E-state index contributed by atoms with van der Waals surface area (Å²) >= 11 is 0. The van der Waals surface area contributed by atoms with E-state index in [1.54, 1.807) is 29.4 Å². The van der Waals surface area contributed by atoms with Gasteiger partial charge in [0.05, 0.1) is 12.1 Å². The summed E-state index contributed by atoms with van der Waals surface area (Å²) in [5, 5.41) is 3.34. The number of anilines is 1. The van der Waals surface area contributed by atoms with Gasteiger partial charge in [0.2, 0.25) is 5.96 Å². The molecule has 0 spiro atoms. The van der Waals surface area contributed by atoms with Crippen LogP contribution in [-0.2, 0) is 0 Å². The maximum atomic E-state index is 12.6. The molecule has 1 aliphatic rings. The molecule has 2 aromatic rings. The first kappa shape index (κ1) is 17.6. The Morgan fingerprint density at radius 2 is 1.92 bits per heavy atom. The van der Waals surface area contributed by atoms with Gasteiger partial charge in [-0.1, -0.05) is 17.7 Å². The number of aliphatic imine (C=N–C) groups is 1. The number of pyridine rings is 1. The molecular weight excluding hydrogens is 304 g/mol. The number of hydrogen-bond donors (Lipinski definition) is 1. The quantitative estimate of drug-likeness (QED) is 0.916. The predicted molar refractivity (Wildman–Crippen MR) is 95.5 cm³/mol. The minimum Gasteiger partial charge on any atom is -0.412 e. The van der Waals surface area contributed by atoms with E-state index in [2.05, 4.69) is 48.2 Å². The summed E-state index contributed by atoms with van der Waals surface area (Å²) in [6.07, 6.45) is 3.24. The summed E-state index contributed by atoms with van der Waals surface area (Å²) in [7, 11) is 0. The molecule has 0 saturated heterocycles. The fourth-order valence-electron chi connectivity index (χ4n) is 2.89. The molecule has 3 rings (SSSR count). The maximum absolute atomic E-state index is 12.6.